The number of nitrogens with one attached hydrogen (secondary N) is 1. The van der Waals surface area contributed by atoms with Crippen LogP contribution in [0.4, 0.5) is 4.39 Å². The van der Waals surface area contributed by atoms with Crippen LogP contribution in [-0.2, 0) is 13.5 Å². The molecule has 2 aromatic rings. The second-order valence-corrected chi connectivity index (χ2v) is 3.83. The van der Waals surface area contributed by atoms with Crippen molar-refractivity contribution in [3.05, 3.63) is 41.7 Å². The van der Waals surface area contributed by atoms with E-state index in [1.807, 2.05) is 6.20 Å². The first kappa shape index (κ1) is 11.7. The molecule has 0 aromatic carbocycles. The third-order valence-corrected chi connectivity index (χ3v) is 2.59. The Hall–Kier alpha value is -1.82. The molecule has 90 valence electrons. The van der Waals surface area contributed by atoms with Gasteiger partial charge < -0.3 is 5.32 Å². The average Bonchev–Trinajstić information content (AvgIpc) is 2.73. The number of halogens is 1. The molecule has 0 saturated carbocycles. The lowest BCUT2D eigenvalue weighted by Crippen LogP contribution is -2.20. The van der Waals surface area contributed by atoms with Crippen molar-refractivity contribution in [3.8, 4) is 0 Å². The molecule has 5 nitrogen and oxygen atoms in total. The zero-order valence-electron chi connectivity index (χ0n) is 9.76. The van der Waals surface area contributed by atoms with E-state index in [0.29, 0.717) is 12.0 Å². The first-order valence-electron chi connectivity index (χ1n) is 5.32. The van der Waals surface area contributed by atoms with Gasteiger partial charge in [0.2, 0.25) is 0 Å². The van der Waals surface area contributed by atoms with Crippen molar-refractivity contribution in [2.45, 2.75) is 12.5 Å². The van der Waals surface area contributed by atoms with Crippen molar-refractivity contribution in [3.63, 3.8) is 0 Å². The highest BCUT2D eigenvalue weighted by Gasteiger charge is 2.15. The van der Waals surface area contributed by atoms with Gasteiger partial charge in [-0.25, -0.2) is 4.39 Å². The quantitative estimate of drug-likeness (QED) is 0.853. The maximum absolute atomic E-state index is 13.6. The smallest absolute Gasteiger partial charge is 0.146 e. The molecule has 0 amide bonds. The van der Waals surface area contributed by atoms with Crippen LogP contribution in [0.2, 0.25) is 0 Å². The molecule has 17 heavy (non-hydrogen) atoms. The first-order valence-corrected chi connectivity index (χ1v) is 5.32. The molecular weight excluding hydrogens is 221 g/mol. The molecule has 0 aliphatic rings. The molecule has 0 spiro atoms. The summed E-state index contributed by atoms with van der Waals surface area (Å²) in [4.78, 5) is 3.74. The third-order valence-electron chi connectivity index (χ3n) is 2.59. The average molecular weight is 235 g/mol. The lowest BCUT2D eigenvalue weighted by Gasteiger charge is -2.15. The van der Waals surface area contributed by atoms with Crippen LogP contribution in [0.25, 0.3) is 0 Å². The Labute approximate surface area is 98.7 Å². The Kier molecular flexibility index (Phi) is 3.43. The van der Waals surface area contributed by atoms with Crippen molar-refractivity contribution in [2.75, 3.05) is 7.05 Å². The fourth-order valence-corrected chi connectivity index (χ4v) is 1.73. The molecule has 0 aliphatic heterocycles. The molecule has 0 saturated heterocycles. The number of nitrogens with zero attached hydrogens (tertiary/aromatic N) is 4. The molecule has 1 N–H and O–H groups in total. The SMILES string of the molecule is CNC(Cc1cn(C)nn1)c1ccncc1F. The lowest BCUT2D eigenvalue weighted by molar-refractivity contribution is 0.526. The minimum absolute atomic E-state index is 0.130. The summed E-state index contributed by atoms with van der Waals surface area (Å²) in [5, 5.41) is 10.9. The highest BCUT2D eigenvalue weighted by Crippen LogP contribution is 2.18. The number of aryl methyl sites for hydroxylation is 1. The topological polar surface area (TPSA) is 55.6 Å². The van der Waals surface area contributed by atoms with Crippen molar-refractivity contribution >= 4 is 0 Å². The van der Waals surface area contributed by atoms with Crippen molar-refractivity contribution < 1.29 is 4.39 Å². The summed E-state index contributed by atoms with van der Waals surface area (Å²) >= 11 is 0. The second kappa shape index (κ2) is 5.01. The maximum atomic E-state index is 13.6. The van der Waals surface area contributed by atoms with Gasteiger partial charge >= 0.3 is 0 Å². The summed E-state index contributed by atoms with van der Waals surface area (Å²) in [6.07, 6.45) is 5.21. The van der Waals surface area contributed by atoms with Gasteiger partial charge in [0.15, 0.2) is 0 Å². The van der Waals surface area contributed by atoms with Crippen molar-refractivity contribution in [1.82, 2.24) is 25.3 Å². The molecule has 0 fully saturated rings. The Morgan fingerprint density at radius 1 is 1.53 bits per heavy atom. The Morgan fingerprint density at radius 2 is 2.35 bits per heavy atom. The molecule has 0 radical (unpaired) electrons. The minimum atomic E-state index is -0.309. The van der Waals surface area contributed by atoms with Gasteiger partial charge in [0.05, 0.1) is 11.9 Å². The van der Waals surface area contributed by atoms with E-state index in [0.717, 1.165) is 5.69 Å². The van der Waals surface area contributed by atoms with Gasteiger partial charge in [-0.2, -0.15) is 0 Å². The highest BCUT2D eigenvalue weighted by molar-refractivity contribution is 5.19. The highest BCUT2D eigenvalue weighted by atomic mass is 19.1. The number of hydrogen-bond acceptors (Lipinski definition) is 4. The number of likely N-dealkylation sites (N-methyl/N-ethyl adjacent to an activating group) is 1. The summed E-state index contributed by atoms with van der Waals surface area (Å²) in [6, 6.07) is 1.54. The molecule has 1 atom stereocenters. The van der Waals surface area contributed by atoms with E-state index in [4.69, 9.17) is 0 Å². The molecular formula is C11H14FN5. The number of rotatable bonds is 4. The van der Waals surface area contributed by atoms with Gasteiger partial charge in [0, 0.05) is 37.5 Å². The molecule has 2 heterocycles. The number of aromatic nitrogens is 4. The van der Waals surface area contributed by atoms with Crippen LogP contribution in [0.5, 0.6) is 0 Å². The van der Waals surface area contributed by atoms with Gasteiger partial charge in [0.25, 0.3) is 0 Å². The van der Waals surface area contributed by atoms with Crippen LogP contribution in [0.1, 0.15) is 17.3 Å². The van der Waals surface area contributed by atoms with Gasteiger partial charge in [-0.05, 0) is 13.1 Å². The lowest BCUT2D eigenvalue weighted by atomic mass is 10.0. The molecule has 1 unspecified atom stereocenters. The van der Waals surface area contributed by atoms with E-state index in [2.05, 4.69) is 20.6 Å². The summed E-state index contributed by atoms with van der Waals surface area (Å²) in [5.74, 6) is -0.309. The van der Waals surface area contributed by atoms with E-state index < -0.39 is 0 Å². The minimum Gasteiger partial charge on any atom is -0.313 e. The largest absolute Gasteiger partial charge is 0.313 e. The predicted molar refractivity (Wildman–Crippen MR) is 60.7 cm³/mol. The molecule has 6 heteroatoms. The fraction of sp³-hybridized carbons (Fsp3) is 0.364. The normalized spacial score (nSPS) is 12.6. The zero-order chi connectivity index (χ0) is 12.3. The summed E-state index contributed by atoms with van der Waals surface area (Å²) in [6.45, 7) is 0. The van der Waals surface area contributed by atoms with Gasteiger partial charge in [-0.1, -0.05) is 5.21 Å². The van der Waals surface area contributed by atoms with Gasteiger partial charge in [-0.15, -0.1) is 5.10 Å². The number of pyridine rings is 1. The second-order valence-electron chi connectivity index (χ2n) is 3.83. The Bertz CT molecular complexity index is 496. The van der Waals surface area contributed by atoms with Crippen LogP contribution in [-0.4, -0.2) is 27.0 Å². The van der Waals surface area contributed by atoms with Gasteiger partial charge in [-0.3, -0.25) is 9.67 Å². The molecule has 0 bridgehead atoms. The Morgan fingerprint density at radius 3 is 2.94 bits per heavy atom. The van der Waals surface area contributed by atoms with Crippen molar-refractivity contribution in [1.29, 1.82) is 0 Å². The van der Waals surface area contributed by atoms with Crippen LogP contribution in [0.3, 0.4) is 0 Å². The van der Waals surface area contributed by atoms with E-state index in [1.54, 1.807) is 31.0 Å². The van der Waals surface area contributed by atoms with Crippen LogP contribution < -0.4 is 5.32 Å². The standard InChI is InChI=1S/C11H14FN5/c1-13-11(5-8-7-17(2)16-15-8)9-3-4-14-6-10(9)12/h3-4,6-7,11,13H,5H2,1-2H3. The zero-order valence-corrected chi connectivity index (χ0v) is 9.76. The predicted octanol–water partition coefficient (Wildman–Crippen LogP) is 0.852. The van der Waals surface area contributed by atoms with Crippen LogP contribution in [0, 0.1) is 5.82 Å². The molecule has 2 aromatic heterocycles. The van der Waals surface area contributed by atoms with E-state index in [9.17, 15) is 4.39 Å². The monoisotopic (exact) mass is 235 g/mol. The maximum Gasteiger partial charge on any atom is 0.146 e. The molecule has 0 aliphatic carbocycles. The van der Waals surface area contributed by atoms with Crippen LogP contribution in [0.15, 0.2) is 24.7 Å². The van der Waals surface area contributed by atoms with E-state index >= 15 is 0 Å². The summed E-state index contributed by atoms with van der Waals surface area (Å²) < 4.78 is 15.2. The van der Waals surface area contributed by atoms with Crippen LogP contribution >= 0.6 is 0 Å². The van der Waals surface area contributed by atoms with E-state index in [-0.39, 0.29) is 11.9 Å². The first-order chi connectivity index (χ1) is 8.20. The van der Waals surface area contributed by atoms with E-state index in [1.165, 1.54) is 6.20 Å². The third kappa shape index (κ3) is 2.65. The summed E-state index contributed by atoms with van der Waals surface area (Å²) in [7, 11) is 3.60. The number of hydrogen-bond donors (Lipinski definition) is 1. The summed E-state index contributed by atoms with van der Waals surface area (Å²) in [5.41, 5.74) is 1.41. The Balaban J connectivity index is 2.20. The fourth-order valence-electron chi connectivity index (χ4n) is 1.73. The molecule has 2 rings (SSSR count). The van der Waals surface area contributed by atoms with Crippen molar-refractivity contribution in [2.24, 2.45) is 7.05 Å². The van der Waals surface area contributed by atoms with Gasteiger partial charge in [0.1, 0.15) is 5.82 Å².